The van der Waals surface area contributed by atoms with Crippen molar-refractivity contribution in [3.63, 3.8) is 0 Å². The summed E-state index contributed by atoms with van der Waals surface area (Å²) in [5, 5.41) is 9.00. The fourth-order valence-corrected chi connectivity index (χ4v) is 2.23. The molecule has 0 spiro atoms. The molecule has 1 aromatic carbocycles. The average Bonchev–Trinajstić information content (AvgIpc) is 2.59. The Balaban J connectivity index is 2.06. The van der Waals surface area contributed by atoms with Gasteiger partial charge in [0, 0.05) is 12.8 Å². The van der Waals surface area contributed by atoms with E-state index >= 15 is 0 Å². The second-order valence-corrected chi connectivity index (χ2v) is 5.56. The van der Waals surface area contributed by atoms with Crippen LogP contribution in [0, 0.1) is 11.3 Å². The van der Waals surface area contributed by atoms with Gasteiger partial charge in [-0.1, -0.05) is 26.0 Å². The quantitative estimate of drug-likeness (QED) is 0.768. The summed E-state index contributed by atoms with van der Waals surface area (Å²) >= 11 is 0. The van der Waals surface area contributed by atoms with Crippen LogP contribution in [0.4, 0.5) is 0 Å². The van der Waals surface area contributed by atoms with Gasteiger partial charge in [-0.3, -0.25) is 4.98 Å². The van der Waals surface area contributed by atoms with Crippen LogP contribution >= 0.6 is 0 Å². The van der Waals surface area contributed by atoms with E-state index < -0.39 is 0 Å². The molecule has 0 radical (unpaired) electrons. The first kappa shape index (κ1) is 17.0. The number of benzene rings is 1. The molecule has 1 aromatic heterocycles. The zero-order valence-corrected chi connectivity index (χ0v) is 13.8. The smallest absolute Gasteiger partial charge is 0.133 e. The second kappa shape index (κ2) is 8.30. The Morgan fingerprint density at radius 1 is 1.17 bits per heavy atom. The van der Waals surface area contributed by atoms with E-state index in [0.29, 0.717) is 30.4 Å². The number of hydrogen-bond donors (Lipinski definition) is 0. The fraction of sp³-hybridized carbons (Fsp3) is 0.368. The first-order chi connectivity index (χ1) is 11.1. The lowest BCUT2D eigenvalue weighted by Crippen LogP contribution is -2.15. The Labute approximate surface area is 137 Å². The molecule has 0 fully saturated rings. The van der Waals surface area contributed by atoms with Crippen molar-refractivity contribution >= 4 is 0 Å². The van der Waals surface area contributed by atoms with Gasteiger partial charge < -0.3 is 9.47 Å². The van der Waals surface area contributed by atoms with Crippen molar-refractivity contribution in [1.82, 2.24) is 4.98 Å². The minimum absolute atomic E-state index is 0.293. The van der Waals surface area contributed by atoms with E-state index in [0.717, 1.165) is 5.75 Å². The molecule has 0 aliphatic carbocycles. The van der Waals surface area contributed by atoms with Crippen LogP contribution in [-0.4, -0.2) is 18.2 Å². The summed E-state index contributed by atoms with van der Waals surface area (Å²) in [5.74, 6) is 1.30. The molecule has 23 heavy (non-hydrogen) atoms. The van der Waals surface area contributed by atoms with Crippen molar-refractivity contribution in [2.45, 2.75) is 32.8 Å². The van der Waals surface area contributed by atoms with Gasteiger partial charge in [0.2, 0.25) is 0 Å². The molecule has 1 unspecified atom stereocenters. The number of aromatic nitrogens is 1. The van der Waals surface area contributed by atoms with E-state index in [1.54, 1.807) is 18.3 Å². The minimum Gasteiger partial charge on any atom is -0.490 e. The second-order valence-electron chi connectivity index (χ2n) is 5.56. The molecule has 4 nitrogen and oxygen atoms in total. The SMILES string of the molecule is CCOC(COc1ccc(C(C)C)cc1)c1cc(C#N)ccn1. The molecule has 1 atom stereocenters. The van der Waals surface area contributed by atoms with Crippen LogP contribution in [0.2, 0.25) is 0 Å². The van der Waals surface area contributed by atoms with Crippen molar-refractivity contribution in [3.8, 4) is 11.8 Å². The van der Waals surface area contributed by atoms with Gasteiger partial charge in [-0.25, -0.2) is 0 Å². The molecular formula is C19H22N2O2. The van der Waals surface area contributed by atoms with Crippen LogP contribution in [0.3, 0.4) is 0 Å². The summed E-state index contributed by atoms with van der Waals surface area (Å²) in [6.45, 7) is 7.16. The maximum Gasteiger partial charge on any atom is 0.133 e. The van der Waals surface area contributed by atoms with Gasteiger partial charge in [-0.15, -0.1) is 0 Å². The zero-order chi connectivity index (χ0) is 16.7. The number of rotatable bonds is 7. The van der Waals surface area contributed by atoms with Crippen LogP contribution in [0.1, 0.15) is 49.6 Å². The molecule has 4 heteroatoms. The van der Waals surface area contributed by atoms with Crippen molar-refractivity contribution in [1.29, 1.82) is 5.26 Å². The molecule has 1 heterocycles. The van der Waals surface area contributed by atoms with Crippen molar-refractivity contribution in [2.24, 2.45) is 0 Å². The lowest BCUT2D eigenvalue weighted by atomic mass is 10.0. The highest BCUT2D eigenvalue weighted by Gasteiger charge is 2.15. The van der Waals surface area contributed by atoms with Crippen LogP contribution < -0.4 is 4.74 Å². The fourth-order valence-electron chi connectivity index (χ4n) is 2.23. The Hall–Kier alpha value is -2.38. The van der Waals surface area contributed by atoms with Gasteiger partial charge in [-0.2, -0.15) is 5.26 Å². The summed E-state index contributed by atoms with van der Waals surface area (Å²) in [6, 6.07) is 13.6. The largest absolute Gasteiger partial charge is 0.490 e. The maximum absolute atomic E-state index is 9.00. The number of hydrogen-bond acceptors (Lipinski definition) is 4. The predicted molar refractivity (Wildman–Crippen MR) is 89.3 cm³/mol. The Bertz CT molecular complexity index is 660. The third kappa shape index (κ3) is 4.80. The van der Waals surface area contributed by atoms with Gasteiger partial charge in [0.25, 0.3) is 0 Å². The summed E-state index contributed by atoms with van der Waals surface area (Å²) in [6.07, 6.45) is 1.33. The first-order valence-electron chi connectivity index (χ1n) is 7.84. The number of nitriles is 1. The summed E-state index contributed by atoms with van der Waals surface area (Å²) in [7, 11) is 0. The highest BCUT2D eigenvalue weighted by molar-refractivity contribution is 5.30. The van der Waals surface area contributed by atoms with Gasteiger partial charge in [-0.05, 0) is 42.7 Å². The minimum atomic E-state index is -0.293. The summed E-state index contributed by atoms with van der Waals surface area (Å²) in [4.78, 5) is 4.30. The van der Waals surface area contributed by atoms with Crippen LogP contribution in [0.5, 0.6) is 5.75 Å². The third-order valence-corrected chi connectivity index (χ3v) is 3.56. The monoisotopic (exact) mass is 310 g/mol. The Morgan fingerprint density at radius 2 is 1.91 bits per heavy atom. The van der Waals surface area contributed by atoms with E-state index in [1.807, 2.05) is 19.1 Å². The highest BCUT2D eigenvalue weighted by atomic mass is 16.5. The number of pyridine rings is 1. The molecule has 2 rings (SSSR count). The van der Waals surface area contributed by atoms with E-state index in [-0.39, 0.29) is 6.10 Å². The van der Waals surface area contributed by atoms with Crippen LogP contribution in [0.15, 0.2) is 42.6 Å². The molecule has 0 saturated carbocycles. The van der Waals surface area contributed by atoms with Gasteiger partial charge in [0.15, 0.2) is 0 Å². The third-order valence-electron chi connectivity index (χ3n) is 3.56. The lowest BCUT2D eigenvalue weighted by molar-refractivity contribution is 0.0239. The van der Waals surface area contributed by atoms with Crippen LogP contribution in [0.25, 0.3) is 0 Å². The molecule has 2 aromatic rings. The summed E-state index contributed by atoms with van der Waals surface area (Å²) in [5.41, 5.74) is 2.56. The van der Waals surface area contributed by atoms with Crippen LogP contribution in [-0.2, 0) is 4.74 Å². The molecular weight excluding hydrogens is 288 g/mol. The predicted octanol–water partition coefficient (Wildman–Crippen LogP) is 4.23. The summed E-state index contributed by atoms with van der Waals surface area (Å²) < 4.78 is 11.5. The van der Waals surface area contributed by atoms with E-state index in [4.69, 9.17) is 14.7 Å². The molecule has 0 bridgehead atoms. The molecule has 0 amide bonds. The molecule has 0 aliphatic heterocycles. The molecule has 0 aliphatic rings. The van der Waals surface area contributed by atoms with Gasteiger partial charge in [0.1, 0.15) is 18.5 Å². The first-order valence-corrected chi connectivity index (χ1v) is 7.84. The molecule has 120 valence electrons. The van der Waals surface area contributed by atoms with Gasteiger partial charge in [0.05, 0.1) is 17.3 Å². The number of nitrogens with zero attached hydrogens (tertiary/aromatic N) is 2. The van der Waals surface area contributed by atoms with Crippen molar-refractivity contribution in [3.05, 3.63) is 59.4 Å². The van der Waals surface area contributed by atoms with Gasteiger partial charge >= 0.3 is 0 Å². The average molecular weight is 310 g/mol. The maximum atomic E-state index is 9.00. The lowest BCUT2D eigenvalue weighted by Gasteiger charge is -2.18. The normalized spacial score (nSPS) is 12.0. The molecule has 0 N–H and O–H groups in total. The standard InChI is InChI=1S/C19H22N2O2/c1-4-22-19(18-11-15(12-20)9-10-21-18)13-23-17-7-5-16(6-8-17)14(2)3/h5-11,14,19H,4,13H2,1-3H3. The highest BCUT2D eigenvalue weighted by Crippen LogP contribution is 2.21. The van der Waals surface area contributed by atoms with E-state index in [1.165, 1.54) is 5.56 Å². The van der Waals surface area contributed by atoms with E-state index in [2.05, 4.69) is 37.0 Å². The molecule has 0 saturated heterocycles. The van der Waals surface area contributed by atoms with E-state index in [9.17, 15) is 0 Å². The Morgan fingerprint density at radius 3 is 2.52 bits per heavy atom. The number of ether oxygens (including phenoxy) is 2. The zero-order valence-electron chi connectivity index (χ0n) is 13.8. The van der Waals surface area contributed by atoms with Crippen molar-refractivity contribution in [2.75, 3.05) is 13.2 Å². The Kier molecular flexibility index (Phi) is 6.13. The topological polar surface area (TPSA) is 55.1 Å². The van der Waals surface area contributed by atoms with Crippen molar-refractivity contribution < 1.29 is 9.47 Å².